The number of hydrogen-bond acceptors (Lipinski definition) is 7. The number of aromatic nitrogens is 4. The van der Waals surface area contributed by atoms with Gasteiger partial charge in [-0.05, 0) is 48.9 Å². The second kappa shape index (κ2) is 10.9. The molecule has 1 aliphatic rings. The summed E-state index contributed by atoms with van der Waals surface area (Å²) in [6.45, 7) is 1.82. The summed E-state index contributed by atoms with van der Waals surface area (Å²) in [5, 5.41) is 9.83. The van der Waals surface area contributed by atoms with Crippen LogP contribution in [0.2, 0.25) is 0 Å². The molecule has 1 saturated heterocycles. The summed E-state index contributed by atoms with van der Waals surface area (Å²) in [6, 6.07) is 2.91. The van der Waals surface area contributed by atoms with Gasteiger partial charge in [0.2, 0.25) is 11.9 Å². The van der Waals surface area contributed by atoms with E-state index in [1.165, 1.54) is 26.3 Å². The van der Waals surface area contributed by atoms with E-state index in [-0.39, 0.29) is 24.1 Å². The molecule has 0 spiro atoms. The quantitative estimate of drug-likeness (QED) is 0.482. The van der Waals surface area contributed by atoms with E-state index >= 15 is 0 Å². The third kappa shape index (κ3) is 5.92. The van der Waals surface area contributed by atoms with Gasteiger partial charge in [-0.2, -0.15) is 5.10 Å². The SMILES string of the molecule is CNC(=O)c1cc(CCc2cnc(Nc3cnn(CC(=O)N4CCCC4)c3)nc2)c(F)c(OC)c1. The van der Waals surface area contributed by atoms with Crippen molar-refractivity contribution < 1.29 is 18.7 Å². The third-order valence-electron chi connectivity index (χ3n) is 5.86. The van der Waals surface area contributed by atoms with Crippen molar-refractivity contribution in [2.24, 2.45) is 0 Å². The second-order valence-corrected chi connectivity index (χ2v) is 8.29. The zero-order valence-corrected chi connectivity index (χ0v) is 19.8. The molecule has 0 bridgehead atoms. The first kappa shape index (κ1) is 24.1. The number of rotatable bonds is 9. The highest BCUT2D eigenvalue weighted by atomic mass is 19.1. The molecule has 4 rings (SSSR count). The van der Waals surface area contributed by atoms with Crippen molar-refractivity contribution in [1.29, 1.82) is 0 Å². The minimum Gasteiger partial charge on any atom is -0.494 e. The molecule has 0 aliphatic carbocycles. The Morgan fingerprint density at radius 3 is 2.54 bits per heavy atom. The summed E-state index contributed by atoms with van der Waals surface area (Å²) < 4.78 is 21.3. The number of carbonyl (C=O) groups is 2. The molecule has 184 valence electrons. The van der Waals surface area contributed by atoms with Crippen LogP contribution in [-0.2, 0) is 24.2 Å². The average molecular weight is 482 g/mol. The fourth-order valence-electron chi connectivity index (χ4n) is 3.94. The molecule has 35 heavy (non-hydrogen) atoms. The maximum atomic E-state index is 14.7. The van der Waals surface area contributed by atoms with E-state index in [0.29, 0.717) is 35.6 Å². The summed E-state index contributed by atoms with van der Waals surface area (Å²) in [7, 11) is 2.88. The summed E-state index contributed by atoms with van der Waals surface area (Å²) in [5.74, 6) is -0.326. The predicted molar refractivity (Wildman–Crippen MR) is 127 cm³/mol. The Morgan fingerprint density at radius 1 is 1.11 bits per heavy atom. The molecule has 1 aliphatic heterocycles. The van der Waals surface area contributed by atoms with Gasteiger partial charge in [0.25, 0.3) is 5.91 Å². The van der Waals surface area contributed by atoms with Gasteiger partial charge < -0.3 is 20.3 Å². The monoisotopic (exact) mass is 481 g/mol. The van der Waals surface area contributed by atoms with E-state index in [2.05, 4.69) is 25.7 Å². The lowest BCUT2D eigenvalue weighted by molar-refractivity contribution is -0.130. The van der Waals surface area contributed by atoms with Crippen molar-refractivity contribution in [3.63, 3.8) is 0 Å². The van der Waals surface area contributed by atoms with Gasteiger partial charge >= 0.3 is 0 Å². The fraction of sp³-hybridized carbons (Fsp3) is 0.375. The standard InChI is InChI=1S/C24H28FN7O3/c1-26-23(34)18-9-17(22(25)20(10-18)35-2)6-5-16-11-27-24(28-12-16)30-19-13-29-32(14-19)15-21(33)31-7-3-4-8-31/h9-14H,3-8,15H2,1-2H3,(H,26,34)(H,27,28,30). The zero-order chi connectivity index (χ0) is 24.8. The van der Waals surface area contributed by atoms with E-state index in [0.717, 1.165) is 31.5 Å². The van der Waals surface area contributed by atoms with Crippen LogP contribution in [0.1, 0.15) is 34.3 Å². The molecule has 0 atom stereocenters. The van der Waals surface area contributed by atoms with E-state index in [1.54, 1.807) is 29.5 Å². The van der Waals surface area contributed by atoms with Crippen LogP contribution in [-0.4, -0.2) is 63.7 Å². The number of halogens is 1. The number of ether oxygens (including phenoxy) is 1. The van der Waals surface area contributed by atoms with Gasteiger partial charge in [0.15, 0.2) is 11.6 Å². The largest absolute Gasteiger partial charge is 0.494 e. The number of nitrogens with one attached hydrogen (secondary N) is 2. The van der Waals surface area contributed by atoms with Crippen molar-refractivity contribution >= 4 is 23.5 Å². The highest BCUT2D eigenvalue weighted by molar-refractivity contribution is 5.94. The molecule has 3 aromatic rings. The van der Waals surface area contributed by atoms with E-state index in [9.17, 15) is 14.0 Å². The van der Waals surface area contributed by atoms with Gasteiger partial charge in [-0.25, -0.2) is 14.4 Å². The number of methoxy groups -OCH3 is 1. The highest BCUT2D eigenvalue weighted by Crippen LogP contribution is 2.24. The molecule has 1 aromatic carbocycles. The topological polar surface area (TPSA) is 114 Å². The lowest BCUT2D eigenvalue weighted by Crippen LogP contribution is -2.31. The first-order valence-electron chi connectivity index (χ1n) is 11.4. The molecule has 2 aromatic heterocycles. The van der Waals surface area contributed by atoms with Crippen LogP contribution in [0.25, 0.3) is 0 Å². The molecule has 10 nitrogen and oxygen atoms in total. The van der Waals surface area contributed by atoms with Crippen molar-refractivity contribution in [3.05, 3.63) is 59.4 Å². The number of carbonyl (C=O) groups excluding carboxylic acids is 2. The first-order valence-corrected chi connectivity index (χ1v) is 11.4. The molecule has 2 N–H and O–H groups in total. The molecule has 11 heteroatoms. The summed E-state index contributed by atoms with van der Waals surface area (Å²) >= 11 is 0. The zero-order valence-electron chi connectivity index (χ0n) is 19.8. The van der Waals surface area contributed by atoms with Gasteiger partial charge in [-0.1, -0.05) is 0 Å². The van der Waals surface area contributed by atoms with E-state index in [4.69, 9.17) is 4.74 Å². The summed E-state index contributed by atoms with van der Waals surface area (Å²) in [6.07, 6.45) is 9.61. The molecule has 0 radical (unpaired) electrons. The number of nitrogens with zero attached hydrogens (tertiary/aromatic N) is 5. The van der Waals surface area contributed by atoms with Crippen molar-refractivity contribution in [2.45, 2.75) is 32.2 Å². The number of anilines is 2. The van der Waals surface area contributed by atoms with Gasteiger partial charge in [0.05, 0.1) is 19.0 Å². The number of likely N-dealkylation sites (tertiary alicyclic amines) is 1. The Morgan fingerprint density at radius 2 is 1.86 bits per heavy atom. The van der Waals surface area contributed by atoms with Crippen molar-refractivity contribution in [3.8, 4) is 5.75 Å². The van der Waals surface area contributed by atoms with Gasteiger partial charge in [-0.15, -0.1) is 0 Å². The molecule has 1 fully saturated rings. The van der Waals surface area contributed by atoms with Gasteiger partial charge in [-0.3, -0.25) is 14.3 Å². The van der Waals surface area contributed by atoms with E-state index in [1.807, 2.05) is 4.90 Å². The number of hydrogen-bond donors (Lipinski definition) is 2. The van der Waals surface area contributed by atoms with Gasteiger partial charge in [0.1, 0.15) is 6.54 Å². The predicted octanol–water partition coefficient (Wildman–Crippen LogP) is 2.33. The van der Waals surface area contributed by atoms with Crippen LogP contribution in [0.4, 0.5) is 16.0 Å². The van der Waals surface area contributed by atoms with Crippen LogP contribution < -0.4 is 15.4 Å². The van der Waals surface area contributed by atoms with Crippen LogP contribution >= 0.6 is 0 Å². The van der Waals surface area contributed by atoms with E-state index < -0.39 is 5.82 Å². The lowest BCUT2D eigenvalue weighted by atomic mass is 10.0. The third-order valence-corrected chi connectivity index (χ3v) is 5.86. The van der Waals surface area contributed by atoms with Crippen molar-refractivity contribution in [2.75, 3.05) is 32.6 Å². The van der Waals surface area contributed by atoms with Crippen LogP contribution in [0.3, 0.4) is 0 Å². The maximum Gasteiger partial charge on any atom is 0.251 e. The minimum absolute atomic E-state index is 0.0274. The van der Waals surface area contributed by atoms with Crippen molar-refractivity contribution in [1.82, 2.24) is 30.0 Å². The molecule has 2 amide bonds. The first-order chi connectivity index (χ1) is 17.0. The lowest BCUT2D eigenvalue weighted by Gasteiger charge is -2.14. The van der Waals surface area contributed by atoms with Gasteiger partial charge in [0, 0.05) is 44.3 Å². The number of benzene rings is 1. The molecular weight excluding hydrogens is 453 g/mol. The second-order valence-electron chi connectivity index (χ2n) is 8.29. The Balaban J connectivity index is 1.35. The Bertz CT molecular complexity index is 1190. The van der Waals surface area contributed by atoms with Crippen LogP contribution in [0.15, 0.2) is 36.9 Å². The number of amides is 2. The smallest absolute Gasteiger partial charge is 0.251 e. The molecule has 3 heterocycles. The molecular formula is C24H28FN7O3. The normalized spacial score (nSPS) is 13.1. The molecule has 0 saturated carbocycles. The van der Waals surface area contributed by atoms with Crippen LogP contribution in [0, 0.1) is 5.82 Å². The Kier molecular flexibility index (Phi) is 7.54. The average Bonchev–Trinajstić information content (AvgIpc) is 3.56. The summed E-state index contributed by atoms with van der Waals surface area (Å²) in [4.78, 5) is 34.7. The highest BCUT2D eigenvalue weighted by Gasteiger charge is 2.18. The van der Waals surface area contributed by atoms with Crippen LogP contribution in [0.5, 0.6) is 5.75 Å². The summed E-state index contributed by atoms with van der Waals surface area (Å²) in [5.41, 5.74) is 2.19. The maximum absolute atomic E-state index is 14.7. The Hall–Kier alpha value is -4.02. The molecule has 0 unspecified atom stereocenters. The Labute approximate surface area is 202 Å². The number of aryl methyl sites for hydroxylation is 2. The minimum atomic E-state index is -0.486. The fourth-order valence-corrected chi connectivity index (χ4v) is 3.94.